The van der Waals surface area contributed by atoms with Gasteiger partial charge in [-0.05, 0) is 26.0 Å². The van der Waals surface area contributed by atoms with Crippen LogP contribution in [0.5, 0.6) is 11.8 Å². The molecule has 4 aromatic rings. The highest BCUT2D eigenvalue weighted by molar-refractivity contribution is 6.41. The van der Waals surface area contributed by atoms with Gasteiger partial charge >= 0.3 is 12.4 Å². The molecular formula is C20H15Cl3F6N6O2. The highest BCUT2D eigenvalue weighted by Crippen LogP contribution is 2.34. The van der Waals surface area contributed by atoms with Crippen molar-refractivity contribution in [2.75, 3.05) is 0 Å². The Morgan fingerprint density at radius 1 is 0.784 bits per heavy atom. The number of hydrogen-bond acceptors (Lipinski definition) is 5. The van der Waals surface area contributed by atoms with Crippen LogP contribution in [-0.2, 0) is 12.4 Å². The zero-order valence-electron chi connectivity index (χ0n) is 18.5. The summed E-state index contributed by atoms with van der Waals surface area (Å²) in [7, 11) is 0. The molecule has 8 nitrogen and oxygen atoms in total. The molecule has 4 rings (SSSR count). The third-order valence-electron chi connectivity index (χ3n) is 3.87. The van der Waals surface area contributed by atoms with Gasteiger partial charge < -0.3 is 9.84 Å². The van der Waals surface area contributed by atoms with E-state index in [9.17, 15) is 31.1 Å². The molecule has 17 heteroatoms. The highest BCUT2D eigenvalue weighted by Gasteiger charge is 2.32. The third-order valence-corrected chi connectivity index (χ3v) is 4.83. The molecule has 4 aromatic heterocycles. The van der Waals surface area contributed by atoms with Crippen molar-refractivity contribution in [2.45, 2.75) is 26.2 Å². The van der Waals surface area contributed by atoms with Crippen molar-refractivity contribution in [3.63, 3.8) is 0 Å². The van der Waals surface area contributed by atoms with Crippen molar-refractivity contribution < 1.29 is 31.1 Å². The van der Waals surface area contributed by atoms with Crippen LogP contribution in [0.15, 0.2) is 41.5 Å². The van der Waals surface area contributed by atoms with Crippen LogP contribution in [0, 0.1) is 13.8 Å². The van der Waals surface area contributed by atoms with Crippen LogP contribution in [0.2, 0.25) is 15.2 Å². The summed E-state index contributed by atoms with van der Waals surface area (Å²) in [5.74, 6) is 0.0535. The van der Waals surface area contributed by atoms with Gasteiger partial charge in [0.15, 0.2) is 0 Å². The lowest BCUT2D eigenvalue weighted by atomic mass is 10.3. The number of pyridine rings is 2. The van der Waals surface area contributed by atoms with Gasteiger partial charge in [-0.2, -0.15) is 26.3 Å². The smallest absolute Gasteiger partial charge is 0.417 e. The van der Waals surface area contributed by atoms with Gasteiger partial charge in [0.05, 0.1) is 16.1 Å². The van der Waals surface area contributed by atoms with Crippen LogP contribution in [-0.4, -0.2) is 30.4 Å². The minimum Gasteiger partial charge on any atom is -0.417 e. The summed E-state index contributed by atoms with van der Waals surface area (Å²) in [5, 5.41) is 10.8. The summed E-state index contributed by atoms with van der Waals surface area (Å²) in [4.78, 5) is 17.0. The number of H-pyrrole nitrogens is 3. The van der Waals surface area contributed by atoms with E-state index in [1.165, 1.54) is 6.07 Å². The molecule has 4 heterocycles. The predicted molar refractivity (Wildman–Crippen MR) is 123 cm³/mol. The number of halogens is 9. The van der Waals surface area contributed by atoms with Gasteiger partial charge in [-0.3, -0.25) is 15.0 Å². The molecule has 0 fully saturated rings. The Morgan fingerprint density at radius 2 is 1.35 bits per heavy atom. The monoisotopic (exact) mass is 590 g/mol. The maximum Gasteiger partial charge on any atom is 0.417 e. The van der Waals surface area contributed by atoms with Crippen molar-refractivity contribution in [1.82, 2.24) is 30.4 Å². The zero-order chi connectivity index (χ0) is 28.0. The van der Waals surface area contributed by atoms with Crippen LogP contribution in [0.25, 0.3) is 0 Å². The predicted octanol–water partition coefficient (Wildman–Crippen LogP) is 7.00. The van der Waals surface area contributed by atoms with Crippen LogP contribution in [0.1, 0.15) is 22.5 Å². The maximum absolute atomic E-state index is 12.4. The number of aromatic nitrogens is 6. The second kappa shape index (κ2) is 12.3. The molecule has 0 saturated carbocycles. The van der Waals surface area contributed by atoms with E-state index in [0.29, 0.717) is 12.4 Å². The Balaban J connectivity index is 0.000000217. The first kappa shape index (κ1) is 30.0. The van der Waals surface area contributed by atoms with Crippen molar-refractivity contribution in [1.29, 1.82) is 0 Å². The number of hydrogen-bond donors (Lipinski definition) is 3. The van der Waals surface area contributed by atoms with E-state index < -0.39 is 23.5 Å². The molecule has 0 spiro atoms. The molecule has 0 radical (unpaired) electrons. The Hall–Kier alpha value is -3.23. The fourth-order valence-corrected chi connectivity index (χ4v) is 2.68. The normalized spacial score (nSPS) is 11.2. The molecule has 0 aliphatic heterocycles. The van der Waals surface area contributed by atoms with Crippen LogP contribution < -0.4 is 10.3 Å². The average molecular weight is 592 g/mol. The molecular weight excluding hydrogens is 577 g/mol. The lowest BCUT2D eigenvalue weighted by molar-refractivity contribution is -0.138. The molecule has 37 heavy (non-hydrogen) atoms. The second-order valence-electron chi connectivity index (χ2n) is 6.94. The zero-order valence-corrected chi connectivity index (χ0v) is 20.8. The SMILES string of the molecule is Cc1cc(=O)[nH][nH]1.Cc1cc(Oc2ncc(C(F)(F)F)cc2Cl)n[nH]1.FC(F)(F)c1cnc(Cl)c(Cl)c1. The van der Waals surface area contributed by atoms with Crippen LogP contribution >= 0.6 is 34.8 Å². The Morgan fingerprint density at radius 3 is 1.73 bits per heavy atom. The quantitative estimate of drug-likeness (QED) is 0.172. The van der Waals surface area contributed by atoms with E-state index in [0.717, 1.165) is 23.5 Å². The Labute approximate surface area is 218 Å². The molecule has 3 N–H and O–H groups in total. The second-order valence-corrected chi connectivity index (χ2v) is 8.11. The Kier molecular flexibility index (Phi) is 10.0. The summed E-state index contributed by atoms with van der Waals surface area (Å²) in [6.45, 7) is 3.57. The number of alkyl halides is 6. The fraction of sp³-hybridized carbons (Fsp3) is 0.200. The summed E-state index contributed by atoms with van der Waals surface area (Å²) in [6, 6.07) is 4.55. The average Bonchev–Trinajstić information content (AvgIpc) is 3.37. The fourth-order valence-electron chi connectivity index (χ4n) is 2.21. The lowest BCUT2D eigenvalue weighted by Gasteiger charge is -2.08. The first-order valence-electron chi connectivity index (χ1n) is 9.61. The van der Waals surface area contributed by atoms with Crippen LogP contribution in [0.3, 0.4) is 0 Å². The van der Waals surface area contributed by atoms with Gasteiger partial charge in [0.25, 0.3) is 5.56 Å². The highest BCUT2D eigenvalue weighted by atomic mass is 35.5. The molecule has 0 aromatic carbocycles. The van der Waals surface area contributed by atoms with Gasteiger partial charge in [0, 0.05) is 35.9 Å². The number of ether oxygens (including phenoxy) is 1. The number of nitrogens with one attached hydrogen (secondary N) is 3. The number of nitrogens with zero attached hydrogens (tertiary/aromatic N) is 3. The molecule has 200 valence electrons. The summed E-state index contributed by atoms with van der Waals surface area (Å²) >= 11 is 16.3. The van der Waals surface area contributed by atoms with E-state index in [1.54, 1.807) is 13.0 Å². The summed E-state index contributed by atoms with van der Waals surface area (Å²) < 4.78 is 78.1. The molecule has 0 aliphatic carbocycles. The summed E-state index contributed by atoms with van der Waals surface area (Å²) in [5.41, 5.74) is -0.300. The standard InChI is InChI=1S/C10H7ClF3N3O.C6H2Cl2F3N.C4H6N2O/c1-5-2-8(17-16-5)18-9-7(11)3-6(4-15-9)10(12,13)14;7-4-1-3(6(9,10)11)2-12-5(4)8;1-3-2-4(7)6-5-3/h2-4H,1H3,(H,16,17);1-2H;2H,1H3,(H2,5,6,7). The van der Waals surface area contributed by atoms with Crippen molar-refractivity contribution in [2.24, 2.45) is 0 Å². The largest absolute Gasteiger partial charge is 0.417 e. The minimum atomic E-state index is -4.49. The summed E-state index contributed by atoms with van der Waals surface area (Å²) in [6.07, 6.45) is -7.63. The molecule has 0 aliphatic rings. The molecule has 0 atom stereocenters. The maximum atomic E-state index is 12.4. The van der Waals surface area contributed by atoms with Gasteiger partial charge in [-0.1, -0.05) is 34.8 Å². The van der Waals surface area contributed by atoms with Gasteiger partial charge in [-0.25, -0.2) is 9.97 Å². The van der Waals surface area contributed by atoms with E-state index in [1.807, 2.05) is 6.92 Å². The van der Waals surface area contributed by atoms with E-state index in [-0.39, 0.29) is 32.5 Å². The minimum absolute atomic E-state index is 0.0718. The molecule has 0 amide bonds. The topological polar surface area (TPSA) is 112 Å². The van der Waals surface area contributed by atoms with Gasteiger partial charge in [-0.15, -0.1) is 5.10 Å². The van der Waals surface area contributed by atoms with E-state index in [2.05, 4.69) is 30.4 Å². The van der Waals surface area contributed by atoms with Crippen molar-refractivity contribution in [3.8, 4) is 11.8 Å². The first-order valence-corrected chi connectivity index (χ1v) is 10.7. The van der Waals surface area contributed by atoms with Crippen molar-refractivity contribution >= 4 is 34.8 Å². The molecule has 0 bridgehead atoms. The van der Waals surface area contributed by atoms with Gasteiger partial charge in [0.1, 0.15) is 10.2 Å². The van der Waals surface area contributed by atoms with Gasteiger partial charge in [0.2, 0.25) is 11.8 Å². The Bertz CT molecular complexity index is 1380. The van der Waals surface area contributed by atoms with Crippen LogP contribution in [0.4, 0.5) is 26.3 Å². The lowest BCUT2D eigenvalue weighted by Crippen LogP contribution is -2.05. The number of rotatable bonds is 2. The molecule has 0 unspecified atom stereocenters. The first-order chi connectivity index (χ1) is 17.1. The van der Waals surface area contributed by atoms with E-state index >= 15 is 0 Å². The molecule has 0 saturated heterocycles. The van der Waals surface area contributed by atoms with Crippen molar-refractivity contribution in [3.05, 3.63) is 84.7 Å². The number of aryl methyl sites for hydroxylation is 2. The third kappa shape index (κ3) is 9.63. The number of aromatic amines is 3. The van der Waals surface area contributed by atoms with E-state index in [4.69, 9.17) is 39.5 Å².